The molecule has 0 atom stereocenters. The quantitative estimate of drug-likeness (QED) is 0.598. The van der Waals surface area contributed by atoms with Gasteiger partial charge in [-0.3, -0.25) is 4.79 Å². The molecule has 1 N–H and O–H groups in total. The third-order valence-corrected chi connectivity index (χ3v) is 3.86. The molecule has 0 saturated heterocycles. The van der Waals surface area contributed by atoms with Crippen LogP contribution in [0.1, 0.15) is 5.69 Å². The second kappa shape index (κ2) is 9.21. The standard InChI is InChI=1S/C20H20ClN3O3/c1-15-12-19(24(23-15)17-7-5-6-16(21)13-17)22-20(25)14-26-10-11-27-18-8-3-2-4-9-18/h2-9,12-13H,10-11,14H2,1H3,(H,22,25). The molecule has 0 fully saturated rings. The highest BCUT2D eigenvalue weighted by Crippen LogP contribution is 2.20. The minimum Gasteiger partial charge on any atom is -0.491 e. The first-order chi connectivity index (χ1) is 13.1. The topological polar surface area (TPSA) is 65.4 Å². The van der Waals surface area contributed by atoms with Crippen LogP contribution in [0, 0.1) is 6.92 Å². The fraction of sp³-hybridized carbons (Fsp3) is 0.200. The largest absolute Gasteiger partial charge is 0.491 e. The lowest BCUT2D eigenvalue weighted by Crippen LogP contribution is -2.21. The van der Waals surface area contributed by atoms with Gasteiger partial charge < -0.3 is 14.8 Å². The van der Waals surface area contributed by atoms with Crippen LogP contribution in [0.4, 0.5) is 5.82 Å². The number of amides is 1. The van der Waals surface area contributed by atoms with Crippen molar-refractivity contribution in [1.82, 2.24) is 9.78 Å². The van der Waals surface area contributed by atoms with Gasteiger partial charge in [0.05, 0.1) is 18.0 Å². The van der Waals surface area contributed by atoms with Crippen LogP contribution >= 0.6 is 11.6 Å². The predicted molar refractivity (Wildman–Crippen MR) is 105 cm³/mol. The van der Waals surface area contributed by atoms with Gasteiger partial charge in [0.1, 0.15) is 24.8 Å². The van der Waals surface area contributed by atoms with Crippen LogP contribution in [-0.4, -0.2) is 35.5 Å². The summed E-state index contributed by atoms with van der Waals surface area (Å²) in [5.41, 5.74) is 1.55. The van der Waals surface area contributed by atoms with Crippen molar-refractivity contribution in [2.45, 2.75) is 6.92 Å². The maximum Gasteiger partial charge on any atom is 0.251 e. The fourth-order valence-corrected chi connectivity index (χ4v) is 2.66. The molecule has 0 bridgehead atoms. The maximum absolute atomic E-state index is 12.2. The Labute approximate surface area is 162 Å². The van der Waals surface area contributed by atoms with Gasteiger partial charge >= 0.3 is 0 Å². The Morgan fingerprint density at radius 1 is 1.11 bits per heavy atom. The van der Waals surface area contributed by atoms with E-state index in [-0.39, 0.29) is 12.5 Å². The summed E-state index contributed by atoms with van der Waals surface area (Å²) in [6.07, 6.45) is 0. The number of carbonyl (C=O) groups excluding carboxylic acids is 1. The Hall–Kier alpha value is -2.83. The molecule has 0 saturated carbocycles. The number of benzene rings is 2. The van der Waals surface area contributed by atoms with Gasteiger partial charge in [-0.25, -0.2) is 4.68 Å². The van der Waals surface area contributed by atoms with Gasteiger partial charge in [0.25, 0.3) is 5.91 Å². The average molecular weight is 386 g/mol. The number of para-hydroxylation sites is 1. The highest BCUT2D eigenvalue weighted by molar-refractivity contribution is 6.30. The van der Waals surface area contributed by atoms with Gasteiger partial charge in [0, 0.05) is 11.1 Å². The molecule has 1 heterocycles. The van der Waals surface area contributed by atoms with Crippen molar-refractivity contribution in [2.75, 3.05) is 25.1 Å². The van der Waals surface area contributed by atoms with Crippen molar-refractivity contribution in [1.29, 1.82) is 0 Å². The summed E-state index contributed by atoms with van der Waals surface area (Å²) in [6, 6.07) is 18.5. The smallest absolute Gasteiger partial charge is 0.251 e. The van der Waals surface area contributed by atoms with Crippen LogP contribution in [-0.2, 0) is 9.53 Å². The molecule has 3 aromatic rings. The van der Waals surface area contributed by atoms with E-state index in [4.69, 9.17) is 21.1 Å². The van der Waals surface area contributed by atoms with Crippen molar-refractivity contribution in [2.24, 2.45) is 0 Å². The number of carbonyl (C=O) groups is 1. The van der Waals surface area contributed by atoms with Gasteiger partial charge in [-0.15, -0.1) is 0 Å². The van der Waals surface area contributed by atoms with E-state index in [9.17, 15) is 4.79 Å². The number of hydrogen-bond acceptors (Lipinski definition) is 4. The highest BCUT2D eigenvalue weighted by Gasteiger charge is 2.11. The SMILES string of the molecule is Cc1cc(NC(=O)COCCOc2ccccc2)n(-c2cccc(Cl)c2)n1. The molecule has 0 unspecified atom stereocenters. The summed E-state index contributed by atoms with van der Waals surface area (Å²) >= 11 is 6.04. The third-order valence-electron chi connectivity index (χ3n) is 3.62. The number of halogens is 1. The monoisotopic (exact) mass is 385 g/mol. The van der Waals surface area contributed by atoms with Crippen LogP contribution < -0.4 is 10.1 Å². The minimum atomic E-state index is -0.266. The van der Waals surface area contributed by atoms with Gasteiger partial charge in [-0.2, -0.15) is 5.10 Å². The summed E-state index contributed by atoms with van der Waals surface area (Å²) < 4.78 is 12.5. The molecule has 140 valence electrons. The van der Waals surface area contributed by atoms with E-state index in [1.54, 1.807) is 22.9 Å². The summed E-state index contributed by atoms with van der Waals surface area (Å²) in [4.78, 5) is 12.2. The molecule has 0 aliphatic carbocycles. The van der Waals surface area contributed by atoms with E-state index >= 15 is 0 Å². The molecular formula is C20H20ClN3O3. The zero-order valence-corrected chi connectivity index (χ0v) is 15.6. The van der Waals surface area contributed by atoms with Crippen molar-refractivity contribution in [3.8, 4) is 11.4 Å². The zero-order valence-electron chi connectivity index (χ0n) is 14.9. The van der Waals surface area contributed by atoms with E-state index in [1.165, 1.54) is 0 Å². The summed E-state index contributed by atoms with van der Waals surface area (Å²) in [5.74, 6) is 1.06. The first-order valence-electron chi connectivity index (χ1n) is 8.50. The lowest BCUT2D eigenvalue weighted by atomic mass is 10.3. The van der Waals surface area contributed by atoms with E-state index in [2.05, 4.69) is 10.4 Å². The number of rotatable bonds is 8. The normalized spacial score (nSPS) is 10.6. The van der Waals surface area contributed by atoms with E-state index in [0.717, 1.165) is 17.1 Å². The number of aryl methyl sites for hydroxylation is 1. The van der Waals surface area contributed by atoms with Crippen molar-refractivity contribution in [3.05, 3.63) is 71.4 Å². The fourth-order valence-electron chi connectivity index (χ4n) is 2.47. The molecular weight excluding hydrogens is 366 g/mol. The molecule has 0 aliphatic heterocycles. The number of anilines is 1. The van der Waals surface area contributed by atoms with Crippen LogP contribution in [0.5, 0.6) is 5.75 Å². The van der Waals surface area contributed by atoms with E-state index in [0.29, 0.717) is 24.1 Å². The molecule has 7 heteroatoms. The Morgan fingerprint density at radius 2 is 1.93 bits per heavy atom. The molecule has 3 rings (SSSR count). The van der Waals surface area contributed by atoms with Gasteiger partial charge in [-0.05, 0) is 37.3 Å². The van der Waals surface area contributed by atoms with Crippen LogP contribution in [0.3, 0.4) is 0 Å². The predicted octanol–water partition coefficient (Wildman–Crippen LogP) is 3.87. The first-order valence-corrected chi connectivity index (χ1v) is 8.87. The number of nitrogens with zero attached hydrogens (tertiary/aromatic N) is 2. The number of hydrogen-bond donors (Lipinski definition) is 1. The van der Waals surface area contributed by atoms with Crippen molar-refractivity contribution >= 4 is 23.3 Å². The van der Waals surface area contributed by atoms with E-state index in [1.807, 2.05) is 49.4 Å². The van der Waals surface area contributed by atoms with Gasteiger partial charge in [0.15, 0.2) is 0 Å². The second-order valence-electron chi connectivity index (χ2n) is 5.82. The lowest BCUT2D eigenvalue weighted by molar-refractivity contribution is -0.120. The van der Waals surface area contributed by atoms with Crippen molar-refractivity contribution < 1.29 is 14.3 Å². The summed E-state index contributed by atoms with van der Waals surface area (Å²) in [6.45, 7) is 2.47. The van der Waals surface area contributed by atoms with Gasteiger partial charge in [0.2, 0.25) is 0 Å². The third kappa shape index (κ3) is 5.57. The molecule has 6 nitrogen and oxygen atoms in total. The maximum atomic E-state index is 12.2. The number of nitrogens with one attached hydrogen (secondary N) is 1. The first kappa shape index (κ1) is 18.9. The van der Waals surface area contributed by atoms with Crippen LogP contribution in [0.15, 0.2) is 60.7 Å². The van der Waals surface area contributed by atoms with Crippen LogP contribution in [0.2, 0.25) is 5.02 Å². The Kier molecular flexibility index (Phi) is 6.46. The number of aromatic nitrogens is 2. The molecule has 1 aromatic heterocycles. The summed E-state index contributed by atoms with van der Waals surface area (Å²) in [7, 11) is 0. The Balaban J connectivity index is 1.49. The molecule has 0 spiro atoms. The zero-order chi connectivity index (χ0) is 19.1. The molecule has 0 aliphatic rings. The van der Waals surface area contributed by atoms with Gasteiger partial charge in [-0.1, -0.05) is 35.9 Å². The molecule has 2 aromatic carbocycles. The molecule has 0 radical (unpaired) electrons. The minimum absolute atomic E-state index is 0.0715. The Bertz CT molecular complexity index is 896. The molecule has 27 heavy (non-hydrogen) atoms. The number of ether oxygens (including phenoxy) is 2. The molecule has 1 amide bonds. The lowest BCUT2D eigenvalue weighted by Gasteiger charge is -2.10. The highest BCUT2D eigenvalue weighted by atomic mass is 35.5. The Morgan fingerprint density at radius 3 is 2.70 bits per heavy atom. The second-order valence-corrected chi connectivity index (χ2v) is 6.26. The van der Waals surface area contributed by atoms with Crippen LogP contribution in [0.25, 0.3) is 5.69 Å². The summed E-state index contributed by atoms with van der Waals surface area (Å²) in [5, 5.41) is 7.81. The van der Waals surface area contributed by atoms with Crippen molar-refractivity contribution in [3.63, 3.8) is 0 Å². The average Bonchev–Trinajstić information content (AvgIpc) is 3.02. The van der Waals surface area contributed by atoms with E-state index < -0.39 is 0 Å².